The first-order chi connectivity index (χ1) is 14.8. The van der Waals surface area contributed by atoms with Gasteiger partial charge in [-0.3, -0.25) is 0 Å². The molecule has 0 unspecified atom stereocenters. The van der Waals surface area contributed by atoms with Gasteiger partial charge in [-0.05, 0) is 43.2 Å². The van der Waals surface area contributed by atoms with Gasteiger partial charge in [0, 0.05) is 42.0 Å². The number of ether oxygens (including phenoxy) is 1. The number of anilines is 1. The van der Waals surface area contributed by atoms with Crippen molar-refractivity contribution in [2.24, 2.45) is 0 Å². The van der Waals surface area contributed by atoms with E-state index in [0.717, 1.165) is 22.6 Å². The van der Waals surface area contributed by atoms with Crippen molar-refractivity contribution in [1.29, 1.82) is 0 Å². The number of esters is 1. The summed E-state index contributed by atoms with van der Waals surface area (Å²) in [5, 5.41) is -0.0511. The highest BCUT2D eigenvalue weighted by Crippen LogP contribution is 2.38. The van der Waals surface area contributed by atoms with Crippen molar-refractivity contribution in [1.82, 2.24) is 4.31 Å². The number of hydrogen-bond acceptors (Lipinski definition) is 6. The third-order valence-electron chi connectivity index (χ3n) is 5.74. The number of carbonyl (C=O) groups is 1. The molecule has 4 rings (SSSR count). The fourth-order valence-corrected chi connectivity index (χ4v) is 7.15. The SMILES string of the molecule is COC(=O)c1sc2cccc(F)c2c1S(=O)(=O)N1CCN(c2cccc(C)c2C)CC1. The van der Waals surface area contributed by atoms with Crippen LogP contribution in [-0.2, 0) is 14.8 Å². The van der Waals surface area contributed by atoms with Gasteiger partial charge < -0.3 is 9.64 Å². The summed E-state index contributed by atoms with van der Waals surface area (Å²) in [6, 6.07) is 10.4. The van der Waals surface area contributed by atoms with Crippen LogP contribution in [0.25, 0.3) is 10.1 Å². The van der Waals surface area contributed by atoms with Crippen LogP contribution in [0.5, 0.6) is 0 Å². The lowest BCUT2D eigenvalue weighted by molar-refractivity contribution is 0.0602. The maximum Gasteiger partial charge on any atom is 0.349 e. The summed E-state index contributed by atoms with van der Waals surface area (Å²) < 4.78 is 48.3. The molecule has 0 spiro atoms. The van der Waals surface area contributed by atoms with Crippen molar-refractivity contribution in [2.45, 2.75) is 18.7 Å². The Labute approximate surface area is 184 Å². The topological polar surface area (TPSA) is 66.9 Å². The standard InChI is InChI=1S/C22H23FN2O4S2/c1-14-6-4-8-17(15(14)2)24-10-12-25(13-11-24)31(27,28)21-19-16(23)7-5-9-18(19)30-20(21)22(26)29-3/h4-9H,10-13H2,1-3H3. The summed E-state index contributed by atoms with van der Waals surface area (Å²) in [6.45, 7) is 5.58. The van der Waals surface area contributed by atoms with E-state index < -0.39 is 21.8 Å². The highest BCUT2D eigenvalue weighted by Gasteiger charge is 2.36. The van der Waals surface area contributed by atoms with E-state index in [2.05, 4.69) is 11.8 Å². The molecule has 2 heterocycles. The van der Waals surface area contributed by atoms with E-state index in [1.54, 1.807) is 6.07 Å². The third-order valence-corrected chi connectivity index (χ3v) is 8.98. The Morgan fingerprint density at radius 1 is 1.06 bits per heavy atom. The Hall–Kier alpha value is -2.49. The second-order valence-electron chi connectivity index (χ2n) is 7.48. The van der Waals surface area contributed by atoms with E-state index in [9.17, 15) is 17.6 Å². The maximum atomic E-state index is 14.7. The maximum absolute atomic E-state index is 14.7. The van der Waals surface area contributed by atoms with Crippen LogP contribution in [0, 0.1) is 19.7 Å². The number of aryl methyl sites for hydroxylation is 1. The van der Waals surface area contributed by atoms with Crippen molar-refractivity contribution in [2.75, 3.05) is 38.2 Å². The molecule has 1 aliphatic rings. The van der Waals surface area contributed by atoms with Gasteiger partial charge in [-0.2, -0.15) is 4.31 Å². The molecule has 6 nitrogen and oxygen atoms in total. The Morgan fingerprint density at radius 3 is 2.42 bits per heavy atom. The lowest BCUT2D eigenvalue weighted by Crippen LogP contribution is -2.49. The fraction of sp³-hybridized carbons (Fsp3) is 0.318. The van der Waals surface area contributed by atoms with E-state index >= 15 is 0 Å². The zero-order valence-electron chi connectivity index (χ0n) is 17.5. The number of rotatable bonds is 4. The summed E-state index contributed by atoms with van der Waals surface area (Å²) in [5.41, 5.74) is 3.42. The minimum Gasteiger partial charge on any atom is -0.465 e. The van der Waals surface area contributed by atoms with Gasteiger partial charge in [0.05, 0.1) is 7.11 Å². The highest BCUT2D eigenvalue weighted by molar-refractivity contribution is 7.89. The number of methoxy groups -OCH3 is 1. The second kappa shape index (κ2) is 8.22. The lowest BCUT2D eigenvalue weighted by atomic mass is 10.1. The number of piperazine rings is 1. The monoisotopic (exact) mass is 462 g/mol. The molecule has 9 heteroatoms. The van der Waals surface area contributed by atoms with Gasteiger partial charge in [0.15, 0.2) is 0 Å². The summed E-state index contributed by atoms with van der Waals surface area (Å²) in [4.78, 5) is 14.1. The molecule has 0 radical (unpaired) electrons. The number of nitrogens with zero attached hydrogens (tertiary/aromatic N) is 2. The lowest BCUT2D eigenvalue weighted by Gasteiger charge is -2.36. The third kappa shape index (κ3) is 3.71. The van der Waals surface area contributed by atoms with Gasteiger partial charge in [0.1, 0.15) is 15.6 Å². The molecule has 0 saturated carbocycles. The molecular formula is C22H23FN2O4S2. The largest absolute Gasteiger partial charge is 0.465 e. The Bertz CT molecular complexity index is 1260. The number of halogens is 1. The second-order valence-corrected chi connectivity index (χ2v) is 10.4. The van der Waals surface area contributed by atoms with Gasteiger partial charge in [0.2, 0.25) is 10.0 Å². The number of benzene rings is 2. The number of hydrogen-bond donors (Lipinski definition) is 0. The molecule has 31 heavy (non-hydrogen) atoms. The van der Waals surface area contributed by atoms with Crippen LogP contribution in [0.2, 0.25) is 0 Å². The van der Waals surface area contributed by atoms with Gasteiger partial charge in [-0.15, -0.1) is 11.3 Å². The quantitative estimate of drug-likeness (QED) is 0.549. The number of carbonyl (C=O) groups excluding carboxylic acids is 1. The minimum atomic E-state index is -4.10. The molecule has 0 N–H and O–H groups in total. The van der Waals surface area contributed by atoms with E-state index in [0.29, 0.717) is 17.8 Å². The van der Waals surface area contributed by atoms with Crippen molar-refractivity contribution < 1.29 is 22.3 Å². The summed E-state index contributed by atoms with van der Waals surface area (Å²) in [5.74, 6) is -1.45. The van der Waals surface area contributed by atoms with Crippen LogP contribution in [-0.4, -0.2) is 52.0 Å². The van der Waals surface area contributed by atoms with Crippen LogP contribution >= 0.6 is 11.3 Å². The van der Waals surface area contributed by atoms with Crippen LogP contribution in [0.3, 0.4) is 0 Å². The van der Waals surface area contributed by atoms with Gasteiger partial charge in [0.25, 0.3) is 0 Å². The average molecular weight is 463 g/mol. The van der Waals surface area contributed by atoms with Gasteiger partial charge in [-0.1, -0.05) is 18.2 Å². The fourth-order valence-electron chi connectivity index (χ4n) is 3.93. The Morgan fingerprint density at radius 2 is 1.74 bits per heavy atom. The molecule has 1 aromatic heterocycles. The molecule has 1 saturated heterocycles. The Balaban J connectivity index is 1.70. The predicted molar refractivity (Wildman–Crippen MR) is 120 cm³/mol. The van der Waals surface area contributed by atoms with Crippen LogP contribution < -0.4 is 4.90 Å². The summed E-state index contributed by atoms with van der Waals surface area (Å²) in [6.07, 6.45) is 0. The Kier molecular flexibility index (Phi) is 5.76. The molecule has 0 bridgehead atoms. The molecular weight excluding hydrogens is 439 g/mol. The van der Waals surface area contributed by atoms with Gasteiger partial charge in [-0.25, -0.2) is 17.6 Å². The molecule has 0 amide bonds. The molecule has 1 fully saturated rings. The molecule has 0 aliphatic carbocycles. The number of thiophene rings is 1. The first kappa shape index (κ1) is 21.7. The van der Waals surface area contributed by atoms with Crippen LogP contribution in [0.1, 0.15) is 20.8 Å². The average Bonchev–Trinajstić information content (AvgIpc) is 3.17. The van der Waals surface area contributed by atoms with E-state index in [-0.39, 0.29) is 28.2 Å². The highest BCUT2D eigenvalue weighted by atomic mass is 32.2. The molecule has 3 aromatic rings. The number of sulfonamides is 1. The minimum absolute atomic E-state index is 0.0511. The first-order valence-electron chi connectivity index (χ1n) is 9.86. The van der Waals surface area contributed by atoms with Crippen molar-refractivity contribution >= 4 is 43.1 Å². The van der Waals surface area contributed by atoms with E-state index in [1.807, 2.05) is 25.1 Å². The van der Waals surface area contributed by atoms with E-state index in [4.69, 9.17) is 4.74 Å². The van der Waals surface area contributed by atoms with Crippen molar-refractivity contribution in [3.05, 3.63) is 58.2 Å². The van der Waals surface area contributed by atoms with Crippen LogP contribution in [0.15, 0.2) is 41.3 Å². The zero-order valence-corrected chi connectivity index (χ0v) is 19.1. The first-order valence-corrected chi connectivity index (χ1v) is 12.1. The van der Waals surface area contributed by atoms with Gasteiger partial charge >= 0.3 is 5.97 Å². The summed E-state index contributed by atoms with van der Waals surface area (Å²) >= 11 is 0.932. The zero-order chi connectivity index (χ0) is 22.3. The normalized spacial score (nSPS) is 15.4. The molecule has 2 aromatic carbocycles. The molecule has 164 valence electrons. The summed E-state index contributed by atoms with van der Waals surface area (Å²) in [7, 11) is -2.92. The molecule has 1 aliphatic heterocycles. The molecule has 0 atom stereocenters. The predicted octanol–water partition coefficient (Wildman–Crippen LogP) is 3.95. The van der Waals surface area contributed by atoms with Crippen molar-refractivity contribution in [3.8, 4) is 0 Å². The smallest absolute Gasteiger partial charge is 0.349 e. The van der Waals surface area contributed by atoms with Crippen molar-refractivity contribution in [3.63, 3.8) is 0 Å². The van der Waals surface area contributed by atoms with Crippen LogP contribution in [0.4, 0.5) is 10.1 Å². The van der Waals surface area contributed by atoms with E-state index in [1.165, 1.54) is 29.1 Å². The number of fused-ring (bicyclic) bond motifs is 1.